The summed E-state index contributed by atoms with van der Waals surface area (Å²) in [5.41, 5.74) is 2.65. The van der Waals surface area contributed by atoms with Gasteiger partial charge in [-0.05, 0) is 36.8 Å². The zero-order valence-electron chi connectivity index (χ0n) is 19.3. The van der Waals surface area contributed by atoms with E-state index in [1.165, 1.54) is 5.69 Å². The molecule has 2 aromatic rings. The third-order valence-electron chi connectivity index (χ3n) is 6.34. The summed E-state index contributed by atoms with van der Waals surface area (Å²) in [6, 6.07) is 14.7. The Morgan fingerprint density at radius 2 is 1.79 bits per heavy atom. The summed E-state index contributed by atoms with van der Waals surface area (Å²) < 4.78 is 0. The average molecular weight is 484 g/mol. The predicted octanol–water partition coefficient (Wildman–Crippen LogP) is 2.13. The lowest BCUT2D eigenvalue weighted by atomic mass is 10.1. The van der Waals surface area contributed by atoms with Crippen molar-refractivity contribution in [2.75, 3.05) is 56.0 Å². The maximum atomic E-state index is 13.1. The van der Waals surface area contributed by atoms with E-state index in [1.807, 2.05) is 31.2 Å². The van der Waals surface area contributed by atoms with Crippen molar-refractivity contribution in [3.63, 3.8) is 0 Å². The molecule has 2 heterocycles. The van der Waals surface area contributed by atoms with Crippen molar-refractivity contribution in [2.24, 2.45) is 0 Å². The van der Waals surface area contributed by atoms with Crippen LogP contribution in [-0.2, 0) is 14.4 Å². The number of halogens is 1. The quantitative estimate of drug-likeness (QED) is 0.657. The van der Waals surface area contributed by atoms with Crippen molar-refractivity contribution in [1.29, 1.82) is 0 Å². The molecule has 0 spiro atoms. The molecule has 3 amide bonds. The zero-order valence-corrected chi connectivity index (χ0v) is 20.1. The average Bonchev–Trinajstić information content (AvgIpc) is 2.83. The molecule has 0 aromatic heterocycles. The summed E-state index contributed by atoms with van der Waals surface area (Å²) in [6.45, 7) is 6.10. The fourth-order valence-electron chi connectivity index (χ4n) is 4.36. The van der Waals surface area contributed by atoms with Gasteiger partial charge in [0.1, 0.15) is 6.04 Å². The molecule has 0 saturated carbocycles. The van der Waals surface area contributed by atoms with Gasteiger partial charge in [0.25, 0.3) is 0 Å². The van der Waals surface area contributed by atoms with Crippen LogP contribution in [0.1, 0.15) is 12.0 Å². The molecule has 9 heteroatoms. The van der Waals surface area contributed by atoms with Crippen LogP contribution in [0, 0.1) is 6.92 Å². The first-order valence-corrected chi connectivity index (χ1v) is 11.9. The van der Waals surface area contributed by atoms with Crippen molar-refractivity contribution < 1.29 is 14.4 Å². The zero-order chi connectivity index (χ0) is 24.1. The van der Waals surface area contributed by atoms with E-state index in [2.05, 4.69) is 32.6 Å². The molecule has 2 fully saturated rings. The second kappa shape index (κ2) is 10.9. The van der Waals surface area contributed by atoms with Gasteiger partial charge in [0.15, 0.2) is 0 Å². The highest BCUT2D eigenvalue weighted by Gasteiger charge is 2.35. The topological polar surface area (TPSA) is 85.0 Å². The molecule has 2 aliphatic heterocycles. The molecule has 2 aliphatic rings. The second-order valence-electron chi connectivity index (χ2n) is 8.71. The Morgan fingerprint density at radius 3 is 2.50 bits per heavy atom. The standard InChI is InChI=1S/C25H30ClN5O3/c1-18-7-8-19(15-21(18)26)28-23(32)16-22-25(34)27-9-10-31(22)24(33)17-29-11-13-30(14-12-29)20-5-3-2-4-6-20/h2-8,15,22H,9-14,16-17H2,1H3,(H,27,34)(H,28,32)/t22-/m0/s1. The number of aryl methyl sites for hydroxylation is 1. The van der Waals surface area contributed by atoms with E-state index in [0.717, 1.165) is 31.7 Å². The normalized spacial score (nSPS) is 19.0. The largest absolute Gasteiger partial charge is 0.369 e. The lowest BCUT2D eigenvalue weighted by Crippen LogP contribution is -2.60. The molecular formula is C25H30ClN5O3. The highest BCUT2D eigenvalue weighted by molar-refractivity contribution is 6.31. The smallest absolute Gasteiger partial charge is 0.243 e. The monoisotopic (exact) mass is 483 g/mol. The Kier molecular flexibility index (Phi) is 7.70. The first kappa shape index (κ1) is 24.0. The minimum absolute atomic E-state index is 0.106. The van der Waals surface area contributed by atoms with E-state index in [1.54, 1.807) is 17.0 Å². The van der Waals surface area contributed by atoms with Crippen molar-refractivity contribution in [3.05, 3.63) is 59.1 Å². The number of amides is 3. The van der Waals surface area contributed by atoms with Crippen LogP contribution in [0.5, 0.6) is 0 Å². The third-order valence-corrected chi connectivity index (χ3v) is 6.75. The van der Waals surface area contributed by atoms with Crippen LogP contribution in [0.25, 0.3) is 0 Å². The number of hydrogen-bond donors (Lipinski definition) is 2. The van der Waals surface area contributed by atoms with Gasteiger partial charge in [-0.25, -0.2) is 0 Å². The maximum absolute atomic E-state index is 13.1. The van der Waals surface area contributed by atoms with Gasteiger partial charge < -0.3 is 20.4 Å². The first-order valence-electron chi connectivity index (χ1n) is 11.6. The number of carbonyl (C=O) groups is 3. The molecule has 180 valence electrons. The molecule has 0 aliphatic carbocycles. The van der Waals surface area contributed by atoms with E-state index < -0.39 is 6.04 Å². The molecular weight excluding hydrogens is 454 g/mol. The molecule has 0 bridgehead atoms. The summed E-state index contributed by atoms with van der Waals surface area (Å²) in [5, 5.41) is 6.11. The van der Waals surface area contributed by atoms with Crippen molar-refractivity contribution in [3.8, 4) is 0 Å². The number of nitrogens with zero attached hydrogens (tertiary/aromatic N) is 3. The number of anilines is 2. The third kappa shape index (κ3) is 5.87. The number of benzene rings is 2. The highest BCUT2D eigenvalue weighted by Crippen LogP contribution is 2.21. The number of rotatable bonds is 6. The SMILES string of the molecule is Cc1ccc(NC(=O)C[C@H]2C(=O)NCCN2C(=O)CN2CCN(c3ccccc3)CC2)cc1Cl. The molecule has 8 nitrogen and oxygen atoms in total. The number of para-hydroxylation sites is 1. The Labute approximate surface area is 204 Å². The van der Waals surface area contributed by atoms with Crippen LogP contribution >= 0.6 is 11.6 Å². The van der Waals surface area contributed by atoms with Crippen molar-refractivity contribution >= 4 is 40.7 Å². The Hall–Kier alpha value is -3.10. The lowest BCUT2D eigenvalue weighted by Gasteiger charge is -2.39. The van der Waals surface area contributed by atoms with Crippen LogP contribution in [-0.4, -0.2) is 79.4 Å². The van der Waals surface area contributed by atoms with Crippen LogP contribution < -0.4 is 15.5 Å². The van der Waals surface area contributed by atoms with E-state index in [4.69, 9.17) is 11.6 Å². The Balaban J connectivity index is 1.33. The molecule has 0 unspecified atom stereocenters. The number of hydrogen-bond acceptors (Lipinski definition) is 5. The molecule has 2 N–H and O–H groups in total. The summed E-state index contributed by atoms with van der Waals surface area (Å²) in [7, 11) is 0. The van der Waals surface area contributed by atoms with Crippen LogP contribution in [0.4, 0.5) is 11.4 Å². The minimum Gasteiger partial charge on any atom is -0.369 e. The number of nitrogens with one attached hydrogen (secondary N) is 2. The van der Waals surface area contributed by atoms with E-state index in [-0.39, 0.29) is 30.7 Å². The van der Waals surface area contributed by atoms with Crippen LogP contribution in [0.15, 0.2) is 48.5 Å². The summed E-state index contributed by atoms with van der Waals surface area (Å²) in [4.78, 5) is 44.3. The van der Waals surface area contributed by atoms with E-state index in [9.17, 15) is 14.4 Å². The van der Waals surface area contributed by atoms with Crippen LogP contribution in [0.3, 0.4) is 0 Å². The Morgan fingerprint density at radius 1 is 1.06 bits per heavy atom. The molecule has 34 heavy (non-hydrogen) atoms. The predicted molar refractivity (Wildman–Crippen MR) is 133 cm³/mol. The van der Waals surface area contributed by atoms with Gasteiger partial charge in [-0.2, -0.15) is 0 Å². The fraction of sp³-hybridized carbons (Fsp3) is 0.400. The van der Waals surface area contributed by atoms with Gasteiger partial charge in [0, 0.05) is 55.7 Å². The molecule has 1 atom stereocenters. The lowest BCUT2D eigenvalue weighted by molar-refractivity contribution is -0.145. The van der Waals surface area contributed by atoms with E-state index in [0.29, 0.717) is 23.8 Å². The maximum Gasteiger partial charge on any atom is 0.243 e. The summed E-state index contributed by atoms with van der Waals surface area (Å²) in [6.07, 6.45) is -0.106. The van der Waals surface area contributed by atoms with Gasteiger partial charge >= 0.3 is 0 Å². The van der Waals surface area contributed by atoms with Gasteiger partial charge in [-0.1, -0.05) is 35.9 Å². The summed E-state index contributed by atoms with van der Waals surface area (Å²) >= 11 is 6.14. The van der Waals surface area contributed by atoms with Gasteiger partial charge in [0.05, 0.1) is 13.0 Å². The minimum atomic E-state index is -0.826. The molecule has 4 rings (SSSR count). The van der Waals surface area contributed by atoms with Gasteiger partial charge in [-0.3, -0.25) is 19.3 Å². The van der Waals surface area contributed by atoms with Crippen molar-refractivity contribution in [1.82, 2.24) is 15.1 Å². The first-order chi connectivity index (χ1) is 16.4. The molecule has 0 radical (unpaired) electrons. The van der Waals surface area contributed by atoms with E-state index >= 15 is 0 Å². The summed E-state index contributed by atoms with van der Waals surface area (Å²) in [5.74, 6) is -0.763. The molecule has 2 aromatic carbocycles. The highest BCUT2D eigenvalue weighted by atomic mass is 35.5. The molecule has 2 saturated heterocycles. The second-order valence-corrected chi connectivity index (χ2v) is 9.12. The van der Waals surface area contributed by atoms with Crippen molar-refractivity contribution in [2.45, 2.75) is 19.4 Å². The number of piperazine rings is 2. The number of carbonyl (C=O) groups excluding carboxylic acids is 3. The van der Waals surface area contributed by atoms with Gasteiger partial charge in [0.2, 0.25) is 17.7 Å². The van der Waals surface area contributed by atoms with Gasteiger partial charge in [-0.15, -0.1) is 0 Å². The Bertz CT molecular complexity index is 1040. The van der Waals surface area contributed by atoms with Crippen LogP contribution in [0.2, 0.25) is 5.02 Å². The fourth-order valence-corrected chi connectivity index (χ4v) is 4.54.